The van der Waals surface area contributed by atoms with Gasteiger partial charge in [-0.3, -0.25) is 14.4 Å². The van der Waals surface area contributed by atoms with Crippen molar-refractivity contribution < 1.29 is 37.8 Å². The van der Waals surface area contributed by atoms with E-state index in [1.165, 1.54) is 25.3 Å². The molecule has 39 heavy (non-hydrogen) atoms. The van der Waals surface area contributed by atoms with E-state index in [1.54, 1.807) is 25.1 Å². The van der Waals surface area contributed by atoms with Crippen molar-refractivity contribution in [2.24, 2.45) is 0 Å². The lowest BCUT2D eigenvalue weighted by Gasteiger charge is -2.26. The Kier molecular flexibility index (Phi) is 11.5. The van der Waals surface area contributed by atoms with Crippen molar-refractivity contribution in [2.45, 2.75) is 37.5 Å². The zero-order valence-corrected chi connectivity index (χ0v) is 23.2. The number of hydrogen-bond donors (Lipinski definition) is 0. The van der Waals surface area contributed by atoms with Gasteiger partial charge >= 0.3 is 11.9 Å². The molecule has 208 valence electrons. The number of anilines is 1. The Morgan fingerprint density at radius 2 is 1.67 bits per heavy atom. The second-order valence-electron chi connectivity index (χ2n) is 8.43. The van der Waals surface area contributed by atoms with Crippen LogP contribution in [0.5, 0.6) is 0 Å². The first-order valence-corrected chi connectivity index (χ1v) is 13.7. The summed E-state index contributed by atoms with van der Waals surface area (Å²) in [7, 11) is 1.47. The first-order valence-electron chi connectivity index (χ1n) is 12.4. The highest BCUT2D eigenvalue weighted by Gasteiger charge is 2.34. The lowest BCUT2D eigenvalue weighted by molar-refractivity contribution is -0.141. The van der Waals surface area contributed by atoms with E-state index >= 15 is 4.39 Å². The number of ether oxygens (including phenoxy) is 3. The zero-order chi connectivity index (χ0) is 28.4. The SMILES string of the molecule is CCOC(=O)CSc1cc(N(C(=O)C2=C(C(=O)OCCOC)CCCC2)C(=O)c2ccccc2)c(F)cc1Cl. The predicted octanol–water partition coefficient (Wildman–Crippen LogP) is 5.37. The molecule has 8 nitrogen and oxygen atoms in total. The molecular formula is C28H29ClFNO7S. The molecule has 0 radical (unpaired) electrons. The van der Waals surface area contributed by atoms with E-state index in [4.69, 9.17) is 25.8 Å². The number of hydrogen-bond acceptors (Lipinski definition) is 8. The molecule has 3 rings (SSSR count). The van der Waals surface area contributed by atoms with Crippen LogP contribution in [0.4, 0.5) is 10.1 Å². The second-order valence-corrected chi connectivity index (χ2v) is 9.86. The summed E-state index contributed by atoms with van der Waals surface area (Å²) in [5.74, 6) is -3.81. The number of thioether (sulfide) groups is 1. The normalized spacial score (nSPS) is 13.1. The van der Waals surface area contributed by atoms with Gasteiger partial charge < -0.3 is 14.2 Å². The highest BCUT2D eigenvalue weighted by Crippen LogP contribution is 2.36. The number of esters is 2. The zero-order valence-electron chi connectivity index (χ0n) is 21.7. The first-order chi connectivity index (χ1) is 18.8. The van der Waals surface area contributed by atoms with Crippen LogP contribution in [0.2, 0.25) is 5.02 Å². The highest BCUT2D eigenvalue weighted by molar-refractivity contribution is 8.00. The summed E-state index contributed by atoms with van der Waals surface area (Å²) in [5.41, 5.74) is 0.0267. The molecule has 11 heteroatoms. The number of nitrogens with zero attached hydrogens (tertiary/aromatic N) is 1. The highest BCUT2D eigenvalue weighted by atomic mass is 35.5. The standard InChI is InChI=1S/C28H29ClFNO7S/c1-3-37-25(32)17-39-24-16-23(22(30)15-21(24)29)31(26(33)18-9-5-4-6-10-18)27(34)19-11-7-8-12-20(19)28(35)38-14-13-36-2/h4-6,9-10,15-16H,3,7-8,11-14,17H2,1-2H3. The smallest absolute Gasteiger partial charge is 0.334 e. The fourth-order valence-electron chi connectivity index (χ4n) is 3.97. The van der Waals surface area contributed by atoms with Crippen LogP contribution in [-0.4, -0.2) is 56.4 Å². The third-order valence-electron chi connectivity index (χ3n) is 5.81. The van der Waals surface area contributed by atoms with Crippen molar-refractivity contribution in [3.8, 4) is 0 Å². The summed E-state index contributed by atoms with van der Waals surface area (Å²) in [6.45, 7) is 2.05. The average Bonchev–Trinajstić information content (AvgIpc) is 2.94. The van der Waals surface area contributed by atoms with Crippen molar-refractivity contribution in [1.82, 2.24) is 0 Å². The van der Waals surface area contributed by atoms with Crippen LogP contribution in [0.15, 0.2) is 58.5 Å². The van der Waals surface area contributed by atoms with Crippen LogP contribution in [0.1, 0.15) is 43.0 Å². The van der Waals surface area contributed by atoms with E-state index in [-0.39, 0.29) is 70.7 Å². The fourth-order valence-corrected chi connectivity index (χ4v) is 5.03. The van der Waals surface area contributed by atoms with E-state index < -0.39 is 29.6 Å². The number of carbonyl (C=O) groups is 4. The molecule has 0 aromatic heterocycles. The molecule has 2 aromatic carbocycles. The quantitative estimate of drug-likeness (QED) is 0.152. The number of amides is 2. The third-order valence-corrected chi connectivity index (χ3v) is 7.27. The Hall–Kier alpha value is -3.21. The van der Waals surface area contributed by atoms with Crippen LogP contribution < -0.4 is 4.90 Å². The monoisotopic (exact) mass is 577 g/mol. The molecule has 0 bridgehead atoms. The van der Waals surface area contributed by atoms with Gasteiger partial charge in [0, 0.05) is 28.7 Å². The Bertz CT molecular complexity index is 1250. The Labute approximate surface area is 235 Å². The van der Waals surface area contributed by atoms with E-state index in [1.807, 2.05) is 0 Å². The number of methoxy groups -OCH3 is 1. The van der Waals surface area contributed by atoms with Gasteiger partial charge in [-0.25, -0.2) is 14.1 Å². The van der Waals surface area contributed by atoms with Crippen molar-refractivity contribution in [3.63, 3.8) is 0 Å². The number of halogens is 2. The van der Waals surface area contributed by atoms with Gasteiger partial charge in [-0.2, -0.15) is 0 Å². The summed E-state index contributed by atoms with van der Waals surface area (Å²) in [6.07, 6.45) is 1.75. The van der Waals surface area contributed by atoms with Gasteiger partial charge in [0.25, 0.3) is 11.8 Å². The van der Waals surface area contributed by atoms with Crippen molar-refractivity contribution >= 4 is 52.8 Å². The fraction of sp³-hybridized carbons (Fsp3) is 0.357. The van der Waals surface area contributed by atoms with Crippen LogP contribution in [0, 0.1) is 5.82 Å². The van der Waals surface area contributed by atoms with E-state index in [0.717, 1.165) is 22.7 Å². The maximum absolute atomic E-state index is 15.4. The number of carbonyl (C=O) groups excluding carboxylic acids is 4. The van der Waals surface area contributed by atoms with Crippen molar-refractivity contribution in [3.05, 3.63) is 70.0 Å². The minimum absolute atomic E-state index is 0.000173. The lowest BCUT2D eigenvalue weighted by atomic mass is 9.90. The molecule has 0 atom stereocenters. The summed E-state index contributed by atoms with van der Waals surface area (Å²) < 4.78 is 30.5. The molecule has 0 saturated carbocycles. The van der Waals surface area contributed by atoms with Crippen LogP contribution in [0.3, 0.4) is 0 Å². The summed E-state index contributed by atoms with van der Waals surface area (Å²) >= 11 is 7.22. The van der Waals surface area contributed by atoms with Gasteiger partial charge in [0.1, 0.15) is 12.4 Å². The molecule has 0 saturated heterocycles. The number of rotatable bonds is 11. The van der Waals surface area contributed by atoms with E-state index in [2.05, 4.69) is 0 Å². The van der Waals surface area contributed by atoms with Gasteiger partial charge in [-0.05, 0) is 56.9 Å². The molecule has 0 aliphatic heterocycles. The topological polar surface area (TPSA) is 99.2 Å². The van der Waals surface area contributed by atoms with Gasteiger partial charge in [-0.1, -0.05) is 29.8 Å². The lowest BCUT2D eigenvalue weighted by Crippen LogP contribution is -2.40. The van der Waals surface area contributed by atoms with Gasteiger partial charge in [0.15, 0.2) is 0 Å². The second kappa shape index (κ2) is 14.8. The van der Waals surface area contributed by atoms with E-state index in [9.17, 15) is 19.2 Å². The Balaban J connectivity index is 2.08. The van der Waals surface area contributed by atoms with Gasteiger partial charge in [0.05, 0.1) is 29.7 Å². The van der Waals surface area contributed by atoms with Crippen LogP contribution >= 0.6 is 23.4 Å². The molecule has 0 N–H and O–H groups in total. The Morgan fingerprint density at radius 1 is 0.974 bits per heavy atom. The Morgan fingerprint density at radius 3 is 2.33 bits per heavy atom. The number of imide groups is 1. The summed E-state index contributed by atoms with van der Waals surface area (Å²) in [5, 5.41) is 0.00407. The van der Waals surface area contributed by atoms with E-state index in [0.29, 0.717) is 12.8 Å². The molecular weight excluding hydrogens is 549 g/mol. The molecule has 2 amide bonds. The first kappa shape index (κ1) is 30.3. The molecule has 0 spiro atoms. The summed E-state index contributed by atoms with van der Waals surface area (Å²) in [4.78, 5) is 53.4. The predicted molar refractivity (Wildman–Crippen MR) is 145 cm³/mol. The maximum Gasteiger partial charge on any atom is 0.334 e. The molecule has 2 aromatic rings. The largest absolute Gasteiger partial charge is 0.465 e. The molecule has 1 aliphatic rings. The third kappa shape index (κ3) is 7.90. The van der Waals surface area contributed by atoms with Gasteiger partial charge in [0.2, 0.25) is 0 Å². The minimum Gasteiger partial charge on any atom is -0.465 e. The molecule has 0 unspecified atom stereocenters. The summed E-state index contributed by atoms with van der Waals surface area (Å²) in [6, 6.07) is 10.2. The number of benzene rings is 2. The molecule has 1 aliphatic carbocycles. The van der Waals surface area contributed by atoms with Crippen LogP contribution in [0.25, 0.3) is 0 Å². The molecule has 0 heterocycles. The van der Waals surface area contributed by atoms with Crippen molar-refractivity contribution in [1.29, 1.82) is 0 Å². The van der Waals surface area contributed by atoms with Gasteiger partial charge in [-0.15, -0.1) is 11.8 Å². The molecule has 0 fully saturated rings. The maximum atomic E-state index is 15.4. The average molecular weight is 578 g/mol. The van der Waals surface area contributed by atoms with Crippen LogP contribution in [-0.2, 0) is 28.6 Å². The van der Waals surface area contributed by atoms with Crippen molar-refractivity contribution in [2.75, 3.05) is 37.6 Å². The minimum atomic E-state index is -0.918.